The molecule has 24 heavy (non-hydrogen) atoms. The summed E-state index contributed by atoms with van der Waals surface area (Å²) in [4.78, 5) is 46.0. The number of alkyl carbamates (subject to hydrolysis) is 1. The van der Waals surface area contributed by atoms with E-state index in [-0.39, 0.29) is 19.7 Å². The molecule has 0 aliphatic carbocycles. The van der Waals surface area contributed by atoms with E-state index in [9.17, 15) is 19.2 Å². The predicted octanol–water partition coefficient (Wildman–Crippen LogP) is -0.0850. The van der Waals surface area contributed by atoms with Crippen LogP contribution in [0.2, 0.25) is 0 Å². The molecule has 0 aromatic heterocycles. The molecule has 138 valence electrons. The smallest absolute Gasteiger partial charge is 0.407 e. The minimum absolute atomic E-state index is 0.187. The Balaban J connectivity index is 4.46. The van der Waals surface area contributed by atoms with E-state index < -0.39 is 35.7 Å². The van der Waals surface area contributed by atoms with Gasteiger partial charge in [0.15, 0.2) is 0 Å². The zero-order valence-electron chi connectivity index (χ0n) is 14.6. The number of esters is 2. The van der Waals surface area contributed by atoms with Crippen molar-refractivity contribution in [1.29, 1.82) is 0 Å². The van der Waals surface area contributed by atoms with E-state index in [4.69, 9.17) is 4.74 Å². The number of carbonyl (C=O) groups excluding carboxylic acids is 4. The molecular weight excluding hydrogens is 322 g/mol. The highest BCUT2D eigenvalue weighted by Crippen LogP contribution is 2.06. The fourth-order valence-electron chi connectivity index (χ4n) is 1.41. The van der Waals surface area contributed by atoms with Gasteiger partial charge in [0.2, 0.25) is 0 Å². The van der Waals surface area contributed by atoms with Crippen LogP contribution >= 0.6 is 0 Å². The number of hydrogen-bond donors (Lipinski definition) is 3. The Morgan fingerprint density at radius 1 is 1.08 bits per heavy atom. The molecule has 0 heterocycles. The van der Waals surface area contributed by atoms with Gasteiger partial charge in [-0.15, -0.1) is 0 Å². The Bertz CT molecular complexity index is 460. The van der Waals surface area contributed by atoms with E-state index in [0.29, 0.717) is 0 Å². The lowest BCUT2D eigenvalue weighted by molar-refractivity contribution is -0.142. The predicted molar refractivity (Wildman–Crippen MR) is 83.2 cm³/mol. The van der Waals surface area contributed by atoms with Gasteiger partial charge in [0.25, 0.3) is 0 Å². The maximum atomic E-state index is 11.7. The van der Waals surface area contributed by atoms with Crippen molar-refractivity contribution in [3.63, 3.8) is 0 Å². The van der Waals surface area contributed by atoms with Crippen molar-refractivity contribution in [2.24, 2.45) is 0 Å². The lowest BCUT2D eigenvalue weighted by Gasteiger charge is -2.21. The fraction of sp³-hybridized carbons (Fsp3) is 0.714. The monoisotopic (exact) mass is 347 g/mol. The van der Waals surface area contributed by atoms with Crippen LogP contribution in [0.15, 0.2) is 0 Å². The van der Waals surface area contributed by atoms with Crippen LogP contribution in [0.4, 0.5) is 9.59 Å². The summed E-state index contributed by atoms with van der Waals surface area (Å²) in [6.07, 6.45) is -0.745. The number of ether oxygens (including phenoxy) is 3. The number of amides is 3. The van der Waals surface area contributed by atoms with E-state index in [1.807, 2.05) is 0 Å². The van der Waals surface area contributed by atoms with Gasteiger partial charge in [0.1, 0.15) is 18.2 Å². The maximum absolute atomic E-state index is 11.7. The van der Waals surface area contributed by atoms with Crippen LogP contribution in [0, 0.1) is 0 Å². The lowest BCUT2D eigenvalue weighted by Crippen LogP contribution is -2.52. The van der Waals surface area contributed by atoms with Crippen LogP contribution in [-0.2, 0) is 23.8 Å². The number of carbonyl (C=O) groups is 4. The number of hydrogen-bond acceptors (Lipinski definition) is 7. The summed E-state index contributed by atoms with van der Waals surface area (Å²) in [5.74, 6) is -1.38. The van der Waals surface area contributed by atoms with Crippen molar-refractivity contribution in [2.75, 3.05) is 26.8 Å². The first kappa shape index (κ1) is 21.5. The second-order valence-corrected chi connectivity index (χ2v) is 5.59. The van der Waals surface area contributed by atoms with E-state index in [0.717, 1.165) is 7.11 Å². The highest BCUT2D eigenvalue weighted by molar-refractivity contribution is 5.86. The van der Waals surface area contributed by atoms with Crippen molar-refractivity contribution in [1.82, 2.24) is 16.0 Å². The van der Waals surface area contributed by atoms with Gasteiger partial charge in [-0.1, -0.05) is 0 Å². The SMILES string of the molecule is CCOC(=O)CNC(=O)N[C@@H](CNC(=O)OC(C)(C)C)C(=O)OC. The molecule has 1 atom stereocenters. The largest absolute Gasteiger partial charge is 0.467 e. The summed E-state index contributed by atoms with van der Waals surface area (Å²) < 4.78 is 14.2. The fourth-order valence-corrected chi connectivity index (χ4v) is 1.41. The van der Waals surface area contributed by atoms with Gasteiger partial charge in [-0.2, -0.15) is 0 Å². The first-order valence-corrected chi connectivity index (χ1v) is 7.33. The Morgan fingerprint density at radius 2 is 1.71 bits per heavy atom. The second kappa shape index (κ2) is 10.3. The zero-order chi connectivity index (χ0) is 18.8. The molecule has 0 bridgehead atoms. The Labute approximate surface area is 140 Å². The van der Waals surface area contributed by atoms with Gasteiger partial charge in [0, 0.05) is 0 Å². The van der Waals surface area contributed by atoms with Crippen molar-refractivity contribution in [2.45, 2.75) is 39.3 Å². The first-order chi connectivity index (χ1) is 11.1. The molecule has 0 fully saturated rings. The summed E-state index contributed by atoms with van der Waals surface area (Å²) in [5, 5.41) is 6.86. The average Bonchev–Trinajstić information content (AvgIpc) is 2.47. The standard InChI is InChI=1S/C14H25N3O7/c1-6-23-10(18)8-15-12(20)17-9(11(19)22-5)7-16-13(21)24-14(2,3)4/h9H,6-8H2,1-5H3,(H,16,21)(H2,15,17,20)/t9-/m0/s1. The second-order valence-electron chi connectivity index (χ2n) is 5.59. The van der Waals surface area contributed by atoms with Crippen LogP contribution in [0.1, 0.15) is 27.7 Å². The van der Waals surface area contributed by atoms with Crippen LogP contribution in [0.5, 0.6) is 0 Å². The number of urea groups is 1. The molecule has 0 radical (unpaired) electrons. The van der Waals surface area contributed by atoms with Gasteiger partial charge >= 0.3 is 24.1 Å². The molecule has 0 rings (SSSR count). The molecular formula is C14H25N3O7. The molecule has 0 aromatic carbocycles. The Hall–Kier alpha value is -2.52. The minimum atomic E-state index is -1.15. The van der Waals surface area contributed by atoms with Crippen LogP contribution < -0.4 is 16.0 Å². The van der Waals surface area contributed by atoms with Crippen molar-refractivity contribution in [3.8, 4) is 0 Å². The quantitative estimate of drug-likeness (QED) is 0.433. The number of rotatable bonds is 7. The van der Waals surface area contributed by atoms with E-state index >= 15 is 0 Å². The molecule has 0 aliphatic rings. The number of nitrogens with one attached hydrogen (secondary N) is 3. The summed E-state index contributed by atoms with van der Waals surface area (Å²) in [6, 6.07) is -1.94. The molecule has 0 saturated heterocycles. The van der Waals surface area contributed by atoms with E-state index in [2.05, 4.69) is 25.4 Å². The summed E-state index contributed by atoms with van der Waals surface area (Å²) in [6.45, 7) is 6.28. The van der Waals surface area contributed by atoms with Gasteiger partial charge in [-0.25, -0.2) is 14.4 Å². The van der Waals surface area contributed by atoms with Crippen molar-refractivity contribution < 1.29 is 33.4 Å². The first-order valence-electron chi connectivity index (χ1n) is 7.33. The molecule has 0 spiro atoms. The highest BCUT2D eigenvalue weighted by Gasteiger charge is 2.24. The summed E-state index contributed by atoms with van der Waals surface area (Å²) in [7, 11) is 1.14. The zero-order valence-corrected chi connectivity index (χ0v) is 14.6. The van der Waals surface area contributed by atoms with Crippen molar-refractivity contribution in [3.05, 3.63) is 0 Å². The molecule has 3 N–H and O–H groups in total. The van der Waals surface area contributed by atoms with Crippen LogP contribution in [0.3, 0.4) is 0 Å². The molecule has 10 nitrogen and oxygen atoms in total. The van der Waals surface area contributed by atoms with E-state index in [1.54, 1.807) is 27.7 Å². The number of methoxy groups -OCH3 is 1. The van der Waals surface area contributed by atoms with Gasteiger partial charge in [-0.05, 0) is 27.7 Å². The summed E-state index contributed by atoms with van der Waals surface area (Å²) in [5.41, 5.74) is -0.699. The van der Waals surface area contributed by atoms with E-state index in [1.165, 1.54) is 0 Å². The highest BCUT2D eigenvalue weighted by atomic mass is 16.6. The summed E-state index contributed by atoms with van der Waals surface area (Å²) >= 11 is 0. The third-order valence-electron chi connectivity index (χ3n) is 2.34. The van der Waals surface area contributed by atoms with Gasteiger partial charge in [0.05, 0.1) is 20.3 Å². The molecule has 0 aromatic rings. The third kappa shape index (κ3) is 10.2. The molecule has 0 unspecified atom stereocenters. The molecule has 0 saturated carbocycles. The normalized spacial score (nSPS) is 11.7. The molecule has 3 amide bonds. The van der Waals surface area contributed by atoms with Gasteiger partial charge < -0.3 is 30.2 Å². The molecule has 10 heteroatoms. The lowest BCUT2D eigenvalue weighted by atomic mass is 10.2. The van der Waals surface area contributed by atoms with Crippen LogP contribution in [-0.4, -0.2) is 62.5 Å². The topological polar surface area (TPSA) is 132 Å². The Morgan fingerprint density at radius 3 is 2.21 bits per heavy atom. The third-order valence-corrected chi connectivity index (χ3v) is 2.34. The Kier molecular flexibility index (Phi) is 9.21. The molecule has 0 aliphatic heterocycles. The van der Waals surface area contributed by atoms with Crippen LogP contribution in [0.25, 0.3) is 0 Å². The average molecular weight is 347 g/mol. The van der Waals surface area contributed by atoms with Gasteiger partial charge in [-0.3, -0.25) is 4.79 Å². The van der Waals surface area contributed by atoms with Crippen molar-refractivity contribution >= 4 is 24.1 Å². The maximum Gasteiger partial charge on any atom is 0.407 e. The minimum Gasteiger partial charge on any atom is -0.467 e.